The first-order chi connectivity index (χ1) is 8.58. The van der Waals surface area contributed by atoms with Crippen LogP contribution < -0.4 is 5.32 Å². The minimum atomic E-state index is -0.356. The Bertz CT molecular complexity index is 575. The number of rotatable bonds is 3. The summed E-state index contributed by atoms with van der Waals surface area (Å²) >= 11 is 11.6. The van der Waals surface area contributed by atoms with Gasteiger partial charge in [0.1, 0.15) is 11.6 Å². The minimum Gasteiger partial charge on any atom is -0.506 e. The molecule has 0 aromatic heterocycles. The third kappa shape index (κ3) is 2.86. The summed E-state index contributed by atoms with van der Waals surface area (Å²) in [5.41, 5.74) is 0.865. The Morgan fingerprint density at radius 1 is 1.17 bits per heavy atom. The van der Waals surface area contributed by atoms with Crippen LogP contribution in [0.1, 0.15) is 5.56 Å². The maximum atomic E-state index is 13.4. The lowest BCUT2D eigenvalue weighted by molar-refractivity contribution is 0.469. The van der Waals surface area contributed by atoms with Gasteiger partial charge in [0.25, 0.3) is 0 Å². The number of benzene rings is 2. The van der Waals surface area contributed by atoms with Crippen molar-refractivity contribution in [1.29, 1.82) is 0 Å². The zero-order valence-electron chi connectivity index (χ0n) is 9.25. The van der Waals surface area contributed by atoms with Gasteiger partial charge in [-0.15, -0.1) is 0 Å². The first kappa shape index (κ1) is 13.0. The predicted molar refractivity (Wildman–Crippen MR) is 71.9 cm³/mol. The first-order valence-corrected chi connectivity index (χ1v) is 5.99. The number of nitrogens with one attached hydrogen (secondary N) is 1. The number of hydrogen-bond donors (Lipinski definition) is 2. The van der Waals surface area contributed by atoms with Crippen LogP contribution in [0.2, 0.25) is 10.0 Å². The zero-order valence-corrected chi connectivity index (χ0v) is 10.8. The van der Waals surface area contributed by atoms with Crippen LogP contribution in [0, 0.1) is 5.82 Å². The molecule has 0 aliphatic heterocycles. The maximum Gasteiger partial charge on any atom is 0.146 e. The van der Waals surface area contributed by atoms with Crippen molar-refractivity contribution >= 4 is 28.9 Å². The summed E-state index contributed by atoms with van der Waals surface area (Å²) in [6.07, 6.45) is 0. The summed E-state index contributed by atoms with van der Waals surface area (Å²) < 4.78 is 13.4. The van der Waals surface area contributed by atoms with E-state index in [0.29, 0.717) is 16.3 Å². The minimum absolute atomic E-state index is 0.0510. The Balaban J connectivity index is 2.18. The maximum absolute atomic E-state index is 13.4. The van der Waals surface area contributed by atoms with Gasteiger partial charge in [0.2, 0.25) is 0 Å². The third-order valence-electron chi connectivity index (χ3n) is 2.45. The number of halogens is 3. The van der Waals surface area contributed by atoms with Crippen LogP contribution in [0.25, 0.3) is 0 Å². The van der Waals surface area contributed by atoms with Crippen LogP contribution in [0.5, 0.6) is 5.75 Å². The monoisotopic (exact) mass is 285 g/mol. The normalized spacial score (nSPS) is 10.4. The predicted octanol–water partition coefficient (Wildman–Crippen LogP) is 4.45. The Hall–Kier alpha value is -1.45. The lowest BCUT2D eigenvalue weighted by Crippen LogP contribution is -2.01. The summed E-state index contributed by atoms with van der Waals surface area (Å²) in [5.74, 6) is -0.407. The molecule has 0 bridgehead atoms. The van der Waals surface area contributed by atoms with Crippen LogP contribution in [0.3, 0.4) is 0 Å². The Labute approximate surface area is 114 Å². The molecule has 0 heterocycles. The van der Waals surface area contributed by atoms with Crippen molar-refractivity contribution in [2.75, 3.05) is 5.32 Å². The Morgan fingerprint density at radius 3 is 2.61 bits per heavy atom. The highest BCUT2D eigenvalue weighted by atomic mass is 35.5. The molecule has 0 saturated heterocycles. The molecular formula is C13H10Cl2FNO. The molecule has 0 fully saturated rings. The molecule has 5 heteroatoms. The van der Waals surface area contributed by atoms with E-state index >= 15 is 0 Å². The van der Waals surface area contributed by atoms with E-state index in [1.807, 2.05) is 0 Å². The molecule has 2 nitrogen and oxygen atoms in total. The standard InChI is InChI=1S/C13H10Cl2FNO/c14-9-5-8(13(18)10(15)6-9)7-17-12-4-2-1-3-11(12)16/h1-6,17-18H,7H2. The number of anilines is 1. The highest BCUT2D eigenvalue weighted by Gasteiger charge is 2.08. The molecule has 0 atom stereocenters. The summed E-state index contributed by atoms with van der Waals surface area (Å²) in [6.45, 7) is 0.229. The van der Waals surface area contributed by atoms with E-state index in [4.69, 9.17) is 23.2 Å². The molecule has 2 aromatic rings. The van der Waals surface area contributed by atoms with Gasteiger partial charge in [0.05, 0.1) is 10.7 Å². The lowest BCUT2D eigenvalue weighted by atomic mass is 10.2. The summed E-state index contributed by atoms with van der Waals surface area (Å²) in [6, 6.07) is 9.32. The number of aromatic hydroxyl groups is 1. The van der Waals surface area contributed by atoms with Gasteiger partial charge < -0.3 is 10.4 Å². The smallest absolute Gasteiger partial charge is 0.146 e. The SMILES string of the molecule is Oc1c(Cl)cc(Cl)cc1CNc1ccccc1F. The van der Waals surface area contributed by atoms with Crippen molar-refractivity contribution in [2.45, 2.75) is 6.54 Å². The number of phenolic OH excluding ortho intramolecular Hbond substituents is 1. The number of para-hydroxylation sites is 1. The fourth-order valence-electron chi connectivity index (χ4n) is 1.55. The van der Waals surface area contributed by atoms with Crippen LogP contribution in [0.4, 0.5) is 10.1 Å². The molecule has 0 unspecified atom stereocenters. The highest BCUT2D eigenvalue weighted by molar-refractivity contribution is 6.35. The second-order valence-corrected chi connectivity index (χ2v) is 4.57. The van der Waals surface area contributed by atoms with Crippen molar-refractivity contribution in [2.24, 2.45) is 0 Å². The fraction of sp³-hybridized carbons (Fsp3) is 0.0769. The van der Waals surface area contributed by atoms with Crippen molar-refractivity contribution in [3.8, 4) is 5.75 Å². The van der Waals surface area contributed by atoms with E-state index < -0.39 is 0 Å². The zero-order chi connectivity index (χ0) is 13.1. The highest BCUT2D eigenvalue weighted by Crippen LogP contribution is 2.31. The summed E-state index contributed by atoms with van der Waals surface area (Å²) in [5, 5.41) is 13.2. The van der Waals surface area contributed by atoms with Gasteiger partial charge >= 0.3 is 0 Å². The van der Waals surface area contributed by atoms with Gasteiger partial charge in [-0.1, -0.05) is 35.3 Å². The van der Waals surface area contributed by atoms with Crippen LogP contribution >= 0.6 is 23.2 Å². The van der Waals surface area contributed by atoms with Gasteiger partial charge in [-0.05, 0) is 24.3 Å². The van der Waals surface area contributed by atoms with Crippen molar-refractivity contribution in [3.05, 3.63) is 57.8 Å². The molecular weight excluding hydrogens is 276 g/mol. The van der Waals surface area contributed by atoms with Crippen molar-refractivity contribution in [1.82, 2.24) is 0 Å². The molecule has 2 rings (SSSR count). The van der Waals surface area contributed by atoms with E-state index in [2.05, 4.69) is 5.32 Å². The molecule has 0 spiro atoms. The molecule has 2 aromatic carbocycles. The Morgan fingerprint density at radius 2 is 1.89 bits per heavy atom. The first-order valence-electron chi connectivity index (χ1n) is 5.23. The largest absolute Gasteiger partial charge is 0.506 e. The molecule has 18 heavy (non-hydrogen) atoms. The Kier molecular flexibility index (Phi) is 3.94. The van der Waals surface area contributed by atoms with E-state index in [0.717, 1.165) is 0 Å². The molecule has 2 N–H and O–H groups in total. The van der Waals surface area contributed by atoms with E-state index in [1.54, 1.807) is 24.3 Å². The van der Waals surface area contributed by atoms with Crippen molar-refractivity contribution in [3.63, 3.8) is 0 Å². The molecule has 0 aliphatic rings. The van der Waals surface area contributed by atoms with Crippen LogP contribution in [-0.2, 0) is 6.54 Å². The van der Waals surface area contributed by atoms with Crippen LogP contribution in [0.15, 0.2) is 36.4 Å². The average Bonchev–Trinajstić information content (AvgIpc) is 2.33. The van der Waals surface area contributed by atoms with Gasteiger partial charge in [-0.3, -0.25) is 0 Å². The fourth-order valence-corrected chi connectivity index (χ4v) is 2.08. The van der Waals surface area contributed by atoms with E-state index in [9.17, 15) is 9.50 Å². The molecule has 0 radical (unpaired) electrons. The van der Waals surface area contributed by atoms with Gasteiger partial charge in [-0.2, -0.15) is 0 Å². The van der Waals surface area contributed by atoms with Gasteiger partial charge in [-0.25, -0.2) is 4.39 Å². The number of hydrogen-bond acceptors (Lipinski definition) is 2. The molecule has 0 saturated carbocycles. The topological polar surface area (TPSA) is 32.3 Å². The second-order valence-electron chi connectivity index (χ2n) is 3.73. The van der Waals surface area contributed by atoms with E-state index in [-0.39, 0.29) is 23.1 Å². The molecule has 0 amide bonds. The quantitative estimate of drug-likeness (QED) is 0.873. The summed E-state index contributed by atoms with van der Waals surface area (Å²) in [7, 11) is 0. The molecule has 0 aliphatic carbocycles. The third-order valence-corrected chi connectivity index (χ3v) is 2.96. The van der Waals surface area contributed by atoms with E-state index in [1.165, 1.54) is 12.1 Å². The second kappa shape index (κ2) is 5.46. The lowest BCUT2D eigenvalue weighted by Gasteiger charge is -2.10. The van der Waals surface area contributed by atoms with Crippen LogP contribution in [-0.4, -0.2) is 5.11 Å². The molecule has 94 valence electrons. The van der Waals surface area contributed by atoms with Gasteiger partial charge in [0.15, 0.2) is 0 Å². The van der Waals surface area contributed by atoms with Crippen molar-refractivity contribution < 1.29 is 9.50 Å². The summed E-state index contributed by atoms with van der Waals surface area (Å²) in [4.78, 5) is 0. The van der Waals surface area contributed by atoms with Gasteiger partial charge in [0, 0.05) is 17.1 Å². The average molecular weight is 286 g/mol. The number of phenols is 1.